The van der Waals surface area contributed by atoms with Crippen molar-refractivity contribution in [3.05, 3.63) is 0 Å². The van der Waals surface area contributed by atoms with Crippen LogP contribution in [0, 0.1) is 11.8 Å². The molecule has 16 heavy (non-hydrogen) atoms. The average Bonchev–Trinajstić information content (AvgIpc) is 2.20. The van der Waals surface area contributed by atoms with Crippen LogP contribution in [-0.2, 0) is 4.79 Å². The number of carbonyl (C=O) groups is 1. The lowest BCUT2D eigenvalue weighted by Crippen LogP contribution is -2.49. The van der Waals surface area contributed by atoms with Crippen LogP contribution in [0.3, 0.4) is 0 Å². The maximum atomic E-state index is 11.0. The maximum Gasteiger partial charge on any atom is 0.306 e. The van der Waals surface area contributed by atoms with Crippen molar-refractivity contribution in [1.82, 2.24) is 4.90 Å². The largest absolute Gasteiger partial charge is 0.481 e. The topological polar surface area (TPSA) is 40.5 Å². The predicted octanol–water partition coefficient (Wildman–Crippen LogP) is 2.61. The third kappa shape index (κ3) is 2.97. The first-order chi connectivity index (χ1) is 7.47. The van der Waals surface area contributed by atoms with Crippen molar-refractivity contribution in [3.63, 3.8) is 0 Å². The number of aliphatic carboxylic acids is 1. The maximum absolute atomic E-state index is 11.0. The standard InChI is InChI=1S/C13H25NO2/c1-5-12(9(2)3)14-7-6-11(13(15)16)8-10(14)4/h9-12H,5-8H2,1-4H3,(H,15,16). The number of carboxylic acid groups (broad SMARTS) is 1. The molecule has 0 aromatic heterocycles. The van der Waals surface area contributed by atoms with Gasteiger partial charge in [-0.3, -0.25) is 9.69 Å². The van der Waals surface area contributed by atoms with E-state index in [0.29, 0.717) is 18.0 Å². The molecule has 0 spiro atoms. The SMILES string of the molecule is CCC(C(C)C)N1CCC(C(=O)O)CC1C. The Morgan fingerprint density at radius 1 is 1.50 bits per heavy atom. The lowest BCUT2D eigenvalue weighted by Gasteiger charge is -2.43. The van der Waals surface area contributed by atoms with Crippen molar-refractivity contribution in [2.45, 2.75) is 59.0 Å². The fourth-order valence-electron chi connectivity index (χ4n) is 3.00. The summed E-state index contributed by atoms with van der Waals surface area (Å²) in [4.78, 5) is 13.5. The number of likely N-dealkylation sites (tertiary alicyclic amines) is 1. The van der Waals surface area contributed by atoms with E-state index in [1.54, 1.807) is 0 Å². The number of hydrogen-bond donors (Lipinski definition) is 1. The van der Waals surface area contributed by atoms with Gasteiger partial charge in [-0.1, -0.05) is 20.8 Å². The molecule has 3 atom stereocenters. The van der Waals surface area contributed by atoms with Crippen LogP contribution in [0.25, 0.3) is 0 Å². The molecule has 1 saturated heterocycles. The van der Waals surface area contributed by atoms with Crippen molar-refractivity contribution in [1.29, 1.82) is 0 Å². The van der Waals surface area contributed by atoms with Gasteiger partial charge in [0.2, 0.25) is 0 Å². The van der Waals surface area contributed by atoms with Crippen molar-refractivity contribution in [3.8, 4) is 0 Å². The average molecular weight is 227 g/mol. The summed E-state index contributed by atoms with van der Waals surface area (Å²) in [5.41, 5.74) is 0. The van der Waals surface area contributed by atoms with Crippen LogP contribution in [0.1, 0.15) is 47.0 Å². The summed E-state index contributed by atoms with van der Waals surface area (Å²) in [7, 11) is 0. The summed E-state index contributed by atoms with van der Waals surface area (Å²) in [5.74, 6) is -0.103. The zero-order chi connectivity index (χ0) is 12.3. The van der Waals surface area contributed by atoms with Crippen LogP contribution < -0.4 is 0 Å². The Kier molecular flexibility index (Phi) is 4.78. The van der Waals surface area contributed by atoms with Gasteiger partial charge in [-0.25, -0.2) is 0 Å². The Labute approximate surface area is 98.8 Å². The second kappa shape index (κ2) is 5.67. The Balaban J connectivity index is 2.62. The van der Waals surface area contributed by atoms with E-state index in [4.69, 9.17) is 5.11 Å². The van der Waals surface area contributed by atoms with Crippen LogP contribution >= 0.6 is 0 Å². The molecule has 0 bridgehead atoms. The molecule has 0 amide bonds. The monoisotopic (exact) mass is 227 g/mol. The van der Waals surface area contributed by atoms with Gasteiger partial charge in [0.15, 0.2) is 0 Å². The molecular formula is C13H25NO2. The quantitative estimate of drug-likeness (QED) is 0.802. The summed E-state index contributed by atoms with van der Waals surface area (Å²) in [6.07, 6.45) is 2.77. The summed E-state index contributed by atoms with van der Waals surface area (Å²) in [6.45, 7) is 9.84. The number of rotatable bonds is 4. The molecule has 94 valence electrons. The number of carboxylic acids is 1. The molecule has 3 heteroatoms. The van der Waals surface area contributed by atoms with E-state index in [0.717, 1.165) is 25.8 Å². The first-order valence-corrected chi connectivity index (χ1v) is 6.45. The van der Waals surface area contributed by atoms with Crippen LogP contribution in [0.2, 0.25) is 0 Å². The molecule has 0 aliphatic carbocycles. The number of nitrogens with zero attached hydrogens (tertiary/aromatic N) is 1. The number of hydrogen-bond acceptors (Lipinski definition) is 2. The minimum absolute atomic E-state index is 0.129. The Hall–Kier alpha value is -0.570. The van der Waals surface area contributed by atoms with Crippen LogP contribution in [0.5, 0.6) is 0 Å². The molecule has 1 aliphatic rings. The number of piperidine rings is 1. The molecule has 0 aromatic rings. The fraction of sp³-hybridized carbons (Fsp3) is 0.923. The van der Waals surface area contributed by atoms with Crippen LogP contribution in [0.4, 0.5) is 0 Å². The molecule has 1 aliphatic heterocycles. The Morgan fingerprint density at radius 3 is 2.50 bits per heavy atom. The van der Waals surface area contributed by atoms with E-state index < -0.39 is 5.97 Å². The van der Waals surface area contributed by atoms with Gasteiger partial charge in [0, 0.05) is 12.1 Å². The summed E-state index contributed by atoms with van der Waals surface area (Å²) in [6, 6.07) is 1.01. The zero-order valence-electron chi connectivity index (χ0n) is 10.9. The highest BCUT2D eigenvalue weighted by Crippen LogP contribution is 2.28. The third-order valence-corrected chi connectivity index (χ3v) is 3.89. The molecule has 3 unspecified atom stereocenters. The Morgan fingerprint density at radius 2 is 2.12 bits per heavy atom. The molecule has 0 radical (unpaired) electrons. The summed E-state index contributed by atoms with van der Waals surface area (Å²) >= 11 is 0. The highest BCUT2D eigenvalue weighted by atomic mass is 16.4. The minimum atomic E-state index is -0.621. The van der Waals surface area contributed by atoms with Gasteiger partial charge in [-0.2, -0.15) is 0 Å². The van der Waals surface area contributed by atoms with Gasteiger partial charge >= 0.3 is 5.97 Å². The molecule has 3 nitrogen and oxygen atoms in total. The van der Waals surface area contributed by atoms with Crippen molar-refractivity contribution in [2.24, 2.45) is 11.8 Å². The fourth-order valence-corrected chi connectivity index (χ4v) is 3.00. The van der Waals surface area contributed by atoms with E-state index in [-0.39, 0.29) is 5.92 Å². The third-order valence-electron chi connectivity index (χ3n) is 3.89. The van der Waals surface area contributed by atoms with Gasteiger partial charge in [-0.05, 0) is 38.6 Å². The highest BCUT2D eigenvalue weighted by molar-refractivity contribution is 5.70. The molecule has 1 fully saturated rings. The summed E-state index contributed by atoms with van der Waals surface area (Å²) < 4.78 is 0. The van der Waals surface area contributed by atoms with Gasteiger partial charge in [0.25, 0.3) is 0 Å². The lowest BCUT2D eigenvalue weighted by molar-refractivity contribution is -0.144. The van der Waals surface area contributed by atoms with Gasteiger partial charge in [-0.15, -0.1) is 0 Å². The summed E-state index contributed by atoms with van der Waals surface area (Å²) in [5, 5.41) is 9.03. The van der Waals surface area contributed by atoms with Crippen LogP contribution in [0.15, 0.2) is 0 Å². The first kappa shape index (κ1) is 13.5. The smallest absolute Gasteiger partial charge is 0.306 e. The molecule has 0 saturated carbocycles. The van der Waals surface area contributed by atoms with E-state index in [9.17, 15) is 4.79 Å². The second-order valence-electron chi connectivity index (χ2n) is 5.37. The van der Waals surface area contributed by atoms with Gasteiger partial charge in [0.05, 0.1) is 5.92 Å². The normalized spacial score (nSPS) is 29.3. The minimum Gasteiger partial charge on any atom is -0.481 e. The van der Waals surface area contributed by atoms with Crippen molar-refractivity contribution >= 4 is 5.97 Å². The first-order valence-electron chi connectivity index (χ1n) is 6.45. The highest BCUT2D eigenvalue weighted by Gasteiger charge is 2.33. The van der Waals surface area contributed by atoms with E-state index in [1.165, 1.54) is 0 Å². The molecule has 0 aromatic carbocycles. The molecule has 1 heterocycles. The zero-order valence-corrected chi connectivity index (χ0v) is 10.9. The van der Waals surface area contributed by atoms with E-state index >= 15 is 0 Å². The lowest BCUT2D eigenvalue weighted by atomic mass is 9.88. The predicted molar refractivity (Wildman–Crippen MR) is 65.4 cm³/mol. The van der Waals surface area contributed by atoms with Crippen LogP contribution in [-0.4, -0.2) is 34.6 Å². The molecule has 1 rings (SSSR count). The van der Waals surface area contributed by atoms with Gasteiger partial charge < -0.3 is 5.11 Å². The van der Waals surface area contributed by atoms with Gasteiger partial charge in [0.1, 0.15) is 0 Å². The Bertz CT molecular complexity index is 240. The van der Waals surface area contributed by atoms with E-state index in [2.05, 4.69) is 32.6 Å². The van der Waals surface area contributed by atoms with E-state index in [1.807, 2.05) is 0 Å². The second-order valence-corrected chi connectivity index (χ2v) is 5.37. The molecular weight excluding hydrogens is 202 g/mol. The molecule has 1 N–H and O–H groups in total. The van der Waals surface area contributed by atoms with Crippen molar-refractivity contribution in [2.75, 3.05) is 6.54 Å². The van der Waals surface area contributed by atoms with Crippen molar-refractivity contribution < 1.29 is 9.90 Å².